The molecule has 0 spiro atoms. The van der Waals surface area contributed by atoms with Crippen molar-refractivity contribution >= 4 is 11.2 Å². The third-order valence-electron chi connectivity index (χ3n) is 3.08. The summed E-state index contributed by atoms with van der Waals surface area (Å²) >= 11 is 0. The number of hydrogen-bond acceptors (Lipinski definition) is 5. The van der Waals surface area contributed by atoms with Crippen LogP contribution in [0.3, 0.4) is 0 Å². The maximum atomic E-state index is 13.5. The van der Waals surface area contributed by atoms with Crippen LogP contribution in [0.2, 0.25) is 0 Å². The van der Waals surface area contributed by atoms with Gasteiger partial charge >= 0.3 is 0 Å². The van der Waals surface area contributed by atoms with Crippen LogP contribution >= 0.6 is 0 Å². The topological polar surface area (TPSA) is 93.0 Å². The zero-order valence-electron chi connectivity index (χ0n) is 9.58. The van der Waals surface area contributed by atoms with E-state index in [9.17, 15) is 13.6 Å². The van der Waals surface area contributed by atoms with Crippen LogP contribution in [0.15, 0.2) is 17.4 Å². The summed E-state index contributed by atoms with van der Waals surface area (Å²) in [6.45, 7) is -0.774. The van der Waals surface area contributed by atoms with Crippen LogP contribution in [0, 0.1) is 0 Å². The van der Waals surface area contributed by atoms with E-state index in [4.69, 9.17) is 9.84 Å². The molecule has 0 aromatic carbocycles. The summed E-state index contributed by atoms with van der Waals surface area (Å²) in [5.41, 5.74) is -0.225. The highest BCUT2D eigenvalue weighted by Gasteiger charge is 2.50. The number of ether oxygens (including phenoxy) is 1. The Bertz CT molecular complexity index is 668. The molecule has 3 rings (SSSR count). The second-order valence-electron chi connectivity index (χ2n) is 4.28. The van der Waals surface area contributed by atoms with Gasteiger partial charge < -0.3 is 14.8 Å². The molecule has 1 fully saturated rings. The average molecular weight is 272 g/mol. The number of nitrogens with zero attached hydrogens (tertiary/aromatic N) is 3. The summed E-state index contributed by atoms with van der Waals surface area (Å²) in [7, 11) is 0. The molecule has 0 amide bonds. The number of fused-ring (bicyclic) bond motifs is 1. The number of alkyl halides is 2. The van der Waals surface area contributed by atoms with Crippen LogP contribution in [0.25, 0.3) is 11.2 Å². The molecule has 2 N–H and O–H groups in total. The lowest BCUT2D eigenvalue weighted by Crippen LogP contribution is -2.31. The molecule has 1 aliphatic rings. The smallest absolute Gasteiger partial charge is 0.280 e. The SMILES string of the molecule is O=c1[nH]cnc2c1ncn2[C@@H]1CC(F)(F)[C@H](CO)O1. The maximum Gasteiger partial charge on any atom is 0.280 e. The van der Waals surface area contributed by atoms with Gasteiger partial charge in [0.05, 0.1) is 25.7 Å². The number of aromatic amines is 1. The third-order valence-corrected chi connectivity index (χ3v) is 3.08. The van der Waals surface area contributed by atoms with Crippen molar-refractivity contribution in [3.05, 3.63) is 23.0 Å². The van der Waals surface area contributed by atoms with Gasteiger partial charge in [-0.1, -0.05) is 0 Å². The summed E-state index contributed by atoms with van der Waals surface area (Å²) in [5, 5.41) is 8.87. The van der Waals surface area contributed by atoms with Gasteiger partial charge in [-0.05, 0) is 0 Å². The van der Waals surface area contributed by atoms with E-state index < -0.39 is 36.8 Å². The summed E-state index contributed by atoms with van der Waals surface area (Å²) in [6.07, 6.45) is -0.770. The summed E-state index contributed by atoms with van der Waals surface area (Å²) < 4.78 is 33.4. The number of aliphatic hydroxyl groups is 1. The van der Waals surface area contributed by atoms with E-state index in [0.29, 0.717) is 0 Å². The lowest BCUT2D eigenvalue weighted by Gasteiger charge is -2.14. The molecule has 3 heterocycles. The molecule has 0 radical (unpaired) electrons. The molecule has 1 saturated heterocycles. The number of halogens is 2. The molecule has 0 unspecified atom stereocenters. The molecule has 102 valence electrons. The lowest BCUT2D eigenvalue weighted by molar-refractivity contribution is -0.101. The van der Waals surface area contributed by atoms with Gasteiger partial charge in [-0.2, -0.15) is 0 Å². The molecule has 0 aliphatic carbocycles. The van der Waals surface area contributed by atoms with Gasteiger partial charge in [0.2, 0.25) is 0 Å². The van der Waals surface area contributed by atoms with E-state index in [1.807, 2.05) is 0 Å². The Labute approximate surface area is 104 Å². The van der Waals surface area contributed by atoms with Gasteiger partial charge in [0, 0.05) is 0 Å². The molecule has 19 heavy (non-hydrogen) atoms. The monoisotopic (exact) mass is 272 g/mol. The number of hydrogen-bond donors (Lipinski definition) is 2. The molecular weight excluding hydrogens is 262 g/mol. The second-order valence-corrected chi connectivity index (χ2v) is 4.28. The summed E-state index contributed by atoms with van der Waals surface area (Å²) in [6, 6.07) is 0. The Balaban J connectivity index is 2.03. The third kappa shape index (κ3) is 1.81. The Hall–Kier alpha value is -1.87. The normalized spacial score (nSPS) is 26.1. The van der Waals surface area contributed by atoms with Crippen molar-refractivity contribution in [1.82, 2.24) is 19.5 Å². The lowest BCUT2D eigenvalue weighted by atomic mass is 10.2. The largest absolute Gasteiger partial charge is 0.393 e. The molecule has 2 atom stereocenters. The quantitative estimate of drug-likeness (QED) is 0.804. The molecule has 2 aromatic rings. The van der Waals surface area contributed by atoms with Gasteiger partial charge in [-0.3, -0.25) is 9.36 Å². The van der Waals surface area contributed by atoms with Crippen LogP contribution < -0.4 is 5.56 Å². The summed E-state index contributed by atoms with van der Waals surface area (Å²) in [5.74, 6) is -3.13. The zero-order chi connectivity index (χ0) is 13.6. The number of rotatable bonds is 2. The van der Waals surface area contributed by atoms with Crippen LogP contribution in [0.1, 0.15) is 12.6 Å². The number of imidazole rings is 1. The Morgan fingerprint density at radius 1 is 1.58 bits per heavy atom. The van der Waals surface area contributed by atoms with E-state index in [-0.39, 0.29) is 11.2 Å². The highest BCUT2D eigenvalue weighted by atomic mass is 19.3. The van der Waals surface area contributed by atoms with Crippen molar-refractivity contribution in [2.75, 3.05) is 6.61 Å². The first-order chi connectivity index (χ1) is 9.03. The molecule has 0 bridgehead atoms. The van der Waals surface area contributed by atoms with E-state index >= 15 is 0 Å². The molecule has 0 saturated carbocycles. The molecular formula is C10H10F2N4O3. The van der Waals surface area contributed by atoms with E-state index in [1.54, 1.807) is 0 Å². The van der Waals surface area contributed by atoms with Crippen LogP contribution in [-0.2, 0) is 4.74 Å². The summed E-state index contributed by atoms with van der Waals surface area (Å²) in [4.78, 5) is 21.5. The van der Waals surface area contributed by atoms with Crippen molar-refractivity contribution in [3.8, 4) is 0 Å². The fraction of sp³-hybridized carbons (Fsp3) is 0.500. The van der Waals surface area contributed by atoms with Crippen LogP contribution in [0.5, 0.6) is 0 Å². The Kier molecular flexibility index (Phi) is 2.61. The minimum Gasteiger partial charge on any atom is -0.393 e. The van der Waals surface area contributed by atoms with Gasteiger partial charge in [-0.15, -0.1) is 0 Å². The Morgan fingerprint density at radius 3 is 3.05 bits per heavy atom. The Morgan fingerprint density at radius 2 is 2.37 bits per heavy atom. The second kappa shape index (κ2) is 4.07. The molecule has 7 nitrogen and oxygen atoms in total. The first-order valence-corrected chi connectivity index (χ1v) is 5.57. The van der Waals surface area contributed by atoms with Crippen molar-refractivity contribution in [2.24, 2.45) is 0 Å². The fourth-order valence-corrected chi connectivity index (χ4v) is 2.12. The minimum atomic E-state index is -3.13. The van der Waals surface area contributed by atoms with Crippen LogP contribution in [-0.4, -0.2) is 43.3 Å². The van der Waals surface area contributed by atoms with Gasteiger partial charge in [0.15, 0.2) is 11.2 Å². The maximum absolute atomic E-state index is 13.5. The van der Waals surface area contributed by atoms with Gasteiger partial charge in [0.1, 0.15) is 12.3 Å². The highest BCUT2D eigenvalue weighted by Crippen LogP contribution is 2.41. The van der Waals surface area contributed by atoms with E-state index in [1.165, 1.54) is 17.2 Å². The van der Waals surface area contributed by atoms with Crippen molar-refractivity contribution < 1.29 is 18.6 Å². The van der Waals surface area contributed by atoms with Crippen molar-refractivity contribution in [2.45, 2.75) is 24.7 Å². The average Bonchev–Trinajstić information content (AvgIpc) is 2.90. The number of H-pyrrole nitrogens is 1. The molecule has 1 aliphatic heterocycles. The first-order valence-electron chi connectivity index (χ1n) is 5.57. The number of aromatic nitrogens is 4. The first kappa shape index (κ1) is 12.2. The highest BCUT2D eigenvalue weighted by molar-refractivity contribution is 5.68. The number of aliphatic hydroxyl groups excluding tert-OH is 1. The predicted octanol–water partition coefficient (Wildman–Crippen LogP) is 0.0347. The van der Waals surface area contributed by atoms with Crippen LogP contribution in [0.4, 0.5) is 8.78 Å². The van der Waals surface area contributed by atoms with Gasteiger partial charge in [0.25, 0.3) is 11.5 Å². The molecule has 9 heteroatoms. The number of nitrogens with one attached hydrogen (secondary N) is 1. The standard InChI is InChI=1S/C10H10F2N4O3/c11-10(12)1-6(19-5(10)2-17)16-4-15-7-8(16)13-3-14-9(7)18/h3-6,17H,1-2H2,(H,13,14,18)/t5-,6-/m0/s1. The minimum absolute atomic E-state index is 0.0573. The van der Waals surface area contributed by atoms with Gasteiger partial charge in [-0.25, -0.2) is 18.7 Å². The molecule has 2 aromatic heterocycles. The van der Waals surface area contributed by atoms with Crippen molar-refractivity contribution in [1.29, 1.82) is 0 Å². The predicted molar refractivity (Wildman–Crippen MR) is 58.7 cm³/mol. The zero-order valence-corrected chi connectivity index (χ0v) is 9.58. The van der Waals surface area contributed by atoms with Crippen molar-refractivity contribution in [3.63, 3.8) is 0 Å². The van der Waals surface area contributed by atoms with E-state index in [0.717, 1.165) is 0 Å². The van der Waals surface area contributed by atoms with E-state index in [2.05, 4.69) is 15.0 Å². The fourth-order valence-electron chi connectivity index (χ4n) is 2.12.